The molecule has 0 atom stereocenters. The van der Waals surface area contributed by atoms with E-state index in [1.165, 1.54) is 18.2 Å². The fraction of sp³-hybridized carbons (Fsp3) is 0.333. The lowest BCUT2D eigenvalue weighted by molar-refractivity contribution is -0.137. The molecule has 0 saturated carbocycles. The van der Waals surface area contributed by atoms with E-state index < -0.39 is 16.0 Å². The molecule has 1 aromatic carbocycles. The van der Waals surface area contributed by atoms with Crippen LogP contribution >= 0.6 is 15.9 Å². The number of amides is 1. The first kappa shape index (κ1) is 17.6. The molecule has 0 heterocycles. The lowest BCUT2D eigenvalue weighted by atomic mass is 10.2. The van der Waals surface area contributed by atoms with Gasteiger partial charge in [-0.25, -0.2) is 13.6 Å². The van der Waals surface area contributed by atoms with Crippen molar-refractivity contribution in [3.63, 3.8) is 0 Å². The molecule has 0 spiro atoms. The lowest BCUT2D eigenvalue weighted by Gasteiger charge is -2.08. The fourth-order valence-corrected chi connectivity index (χ4v) is 2.72. The van der Waals surface area contributed by atoms with Gasteiger partial charge in [0.05, 0.1) is 10.6 Å². The van der Waals surface area contributed by atoms with Crippen LogP contribution in [0.4, 0.5) is 5.69 Å². The van der Waals surface area contributed by atoms with E-state index in [2.05, 4.69) is 21.2 Å². The fourth-order valence-electron chi connectivity index (χ4n) is 1.55. The number of hydrogen-bond acceptors (Lipinski definition) is 4. The number of carbonyl (C=O) groups is 2. The van der Waals surface area contributed by atoms with Gasteiger partial charge < -0.3 is 10.4 Å². The quantitative estimate of drug-likeness (QED) is 0.622. The summed E-state index contributed by atoms with van der Waals surface area (Å²) in [6.07, 6.45) is 1.11. The summed E-state index contributed by atoms with van der Waals surface area (Å²) < 4.78 is 22.7. The van der Waals surface area contributed by atoms with E-state index in [9.17, 15) is 18.0 Å². The van der Waals surface area contributed by atoms with Gasteiger partial charge in [0.15, 0.2) is 0 Å². The number of nitrogens with two attached hydrogens (primary N) is 1. The van der Waals surface area contributed by atoms with Crippen molar-refractivity contribution in [3.05, 3.63) is 22.7 Å². The van der Waals surface area contributed by atoms with Crippen LogP contribution in [-0.2, 0) is 19.6 Å². The van der Waals surface area contributed by atoms with Crippen molar-refractivity contribution < 1.29 is 23.1 Å². The Hall–Kier alpha value is -1.45. The summed E-state index contributed by atoms with van der Waals surface area (Å²) in [7, 11) is -3.79. The molecule has 1 rings (SSSR count). The minimum atomic E-state index is -3.79. The molecule has 0 radical (unpaired) electrons. The van der Waals surface area contributed by atoms with Gasteiger partial charge in [-0.3, -0.25) is 9.59 Å². The Morgan fingerprint density at radius 1 is 1.24 bits per heavy atom. The normalized spacial score (nSPS) is 11.1. The second-order valence-corrected chi connectivity index (χ2v) is 6.75. The molecule has 1 amide bonds. The van der Waals surface area contributed by atoms with Gasteiger partial charge in [-0.2, -0.15) is 0 Å². The van der Waals surface area contributed by atoms with Crippen LogP contribution in [0.25, 0.3) is 0 Å². The number of aliphatic carboxylic acids is 1. The largest absolute Gasteiger partial charge is 0.481 e. The van der Waals surface area contributed by atoms with Gasteiger partial charge in [0.25, 0.3) is 0 Å². The molecule has 116 valence electrons. The third-order valence-electron chi connectivity index (χ3n) is 2.59. The first-order valence-electron chi connectivity index (χ1n) is 6.04. The first-order chi connectivity index (χ1) is 9.70. The second kappa shape index (κ2) is 7.53. The summed E-state index contributed by atoms with van der Waals surface area (Å²) in [5.74, 6) is -1.17. The molecule has 0 aliphatic heterocycles. The molecular formula is C12H15BrN2O5S. The average molecular weight is 379 g/mol. The molecule has 0 unspecified atom stereocenters. The van der Waals surface area contributed by atoms with Gasteiger partial charge >= 0.3 is 5.97 Å². The van der Waals surface area contributed by atoms with Crippen LogP contribution < -0.4 is 10.5 Å². The smallest absolute Gasteiger partial charge is 0.303 e. The molecule has 4 N–H and O–H groups in total. The van der Waals surface area contributed by atoms with Crippen LogP contribution in [0.5, 0.6) is 0 Å². The van der Waals surface area contributed by atoms with Crippen LogP contribution in [0.15, 0.2) is 27.6 Å². The topological polar surface area (TPSA) is 127 Å². The number of hydrogen-bond donors (Lipinski definition) is 3. The Morgan fingerprint density at radius 2 is 1.86 bits per heavy atom. The molecule has 0 aliphatic carbocycles. The van der Waals surface area contributed by atoms with E-state index in [1.807, 2.05) is 0 Å². The van der Waals surface area contributed by atoms with E-state index in [0.29, 0.717) is 23.0 Å². The number of rotatable bonds is 7. The highest BCUT2D eigenvalue weighted by molar-refractivity contribution is 9.10. The maximum Gasteiger partial charge on any atom is 0.303 e. The summed E-state index contributed by atoms with van der Waals surface area (Å²) in [5, 5.41) is 16.1. The molecule has 0 aliphatic rings. The molecule has 0 fully saturated rings. The number of carboxylic acids is 1. The highest BCUT2D eigenvalue weighted by Gasteiger charge is 2.12. The molecule has 0 bridgehead atoms. The third-order valence-corrected chi connectivity index (χ3v) is 4.15. The summed E-state index contributed by atoms with van der Waals surface area (Å²) in [4.78, 5) is 21.9. The van der Waals surface area contributed by atoms with Crippen molar-refractivity contribution in [3.8, 4) is 0 Å². The molecule has 7 nitrogen and oxygen atoms in total. The van der Waals surface area contributed by atoms with Crippen LogP contribution in [0.2, 0.25) is 0 Å². The minimum Gasteiger partial charge on any atom is -0.481 e. The van der Waals surface area contributed by atoms with E-state index in [0.717, 1.165) is 0 Å². The zero-order valence-corrected chi connectivity index (χ0v) is 13.4. The van der Waals surface area contributed by atoms with Gasteiger partial charge in [-0.05, 0) is 47.0 Å². The number of unbranched alkanes of at least 4 members (excludes halogenated alkanes) is 1. The number of carbonyl (C=O) groups excluding carboxylic acids is 1. The molecule has 9 heteroatoms. The second-order valence-electron chi connectivity index (χ2n) is 4.34. The van der Waals surface area contributed by atoms with E-state index in [1.54, 1.807) is 0 Å². The summed E-state index contributed by atoms with van der Waals surface area (Å²) in [5.41, 5.74) is 0.422. The van der Waals surface area contributed by atoms with Crippen molar-refractivity contribution in [2.24, 2.45) is 5.14 Å². The van der Waals surface area contributed by atoms with Gasteiger partial charge in [0.2, 0.25) is 15.9 Å². The van der Waals surface area contributed by atoms with E-state index in [-0.39, 0.29) is 23.6 Å². The standard InChI is InChI=1S/C12H15BrN2O5S/c13-9-7-8(21(14,19)20)5-6-10(9)15-11(16)3-1-2-4-12(17)18/h5-7H,1-4H2,(H,15,16)(H,17,18)(H2,14,19,20). The monoisotopic (exact) mass is 378 g/mol. The molecular weight excluding hydrogens is 364 g/mol. The summed E-state index contributed by atoms with van der Waals surface area (Å²) in [6, 6.07) is 4.02. The number of primary sulfonamides is 1. The Bertz CT molecular complexity index is 645. The van der Waals surface area contributed by atoms with E-state index >= 15 is 0 Å². The van der Waals surface area contributed by atoms with Gasteiger partial charge in [0.1, 0.15) is 0 Å². The summed E-state index contributed by atoms with van der Waals surface area (Å²) in [6.45, 7) is 0. The number of anilines is 1. The maximum atomic E-state index is 11.7. The predicted molar refractivity (Wildman–Crippen MR) is 80.2 cm³/mol. The van der Waals surface area contributed by atoms with Crippen LogP contribution in [0, 0.1) is 0 Å². The number of carboxylic acid groups (broad SMARTS) is 1. The van der Waals surface area contributed by atoms with Crippen LogP contribution in [0.3, 0.4) is 0 Å². The average Bonchev–Trinajstić information content (AvgIpc) is 2.35. The van der Waals surface area contributed by atoms with E-state index in [4.69, 9.17) is 10.2 Å². The Morgan fingerprint density at radius 3 is 2.38 bits per heavy atom. The third kappa shape index (κ3) is 6.23. The first-order valence-corrected chi connectivity index (χ1v) is 8.38. The highest BCUT2D eigenvalue weighted by Crippen LogP contribution is 2.25. The van der Waals surface area contributed by atoms with Crippen LogP contribution in [0.1, 0.15) is 25.7 Å². The summed E-state index contributed by atoms with van der Waals surface area (Å²) >= 11 is 3.16. The minimum absolute atomic E-state index is 0.0278. The molecule has 21 heavy (non-hydrogen) atoms. The van der Waals surface area contributed by atoms with Gasteiger partial charge in [0, 0.05) is 17.3 Å². The van der Waals surface area contributed by atoms with Crippen molar-refractivity contribution in [1.29, 1.82) is 0 Å². The molecule has 1 aromatic rings. The SMILES string of the molecule is NS(=O)(=O)c1ccc(NC(=O)CCCCC(=O)O)c(Br)c1. The zero-order valence-electron chi connectivity index (χ0n) is 11.0. The van der Waals surface area contributed by atoms with Gasteiger partial charge in [-0.1, -0.05) is 0 Å². The number of nitrogens with one attached hydrogen (secondary N) is 1. The Labute approximate surface area is 130 Å². The zero-order chi connectivity index (χ0) is 16.0. The van der Waals surface area contributed by atoms with Crippen molar-refractivity contribution in [1.82, 2.24) is 0 Å². The lowest BCUT2D eigenvalue weighted by Crippen LogP contribution is -2.14. The maximum absolute atomic E-state index is 11.7. The van der Waals surface area contributed by atoms with Crippen molar-refractivity contribution >= 4 is 43.5 Å². The number of benzene rings is 1. The highest BCUT2D eigenvalue weighted by atomic mass is 79.9. The number of sulfonamides is 1. The predicted octanol–water partition coefficient (Wildman–Crippen LogP) is 1.68. The van der Waals surface area contributed by atoms with Crippen LogP contribution in [-0.4, -0.2) is 25.4 Å². The molecule has 0 aromatic heterocycles. The van der Waals surface area contributed by atoms with Crippen molar-refractivity contribution in [2.45, 2.75) is 30.6 Å². The van der Waals surface area contributed by atoms with Crippen molar-refractivity contribution in [2.75, 3.05) is 5.32 Å². The number of halogens is 1. The Balaban J connectivity index is 2.59. The molecule has 0 saturated heterocycles. The Kier molecular flexibility index (Phi) is 6.31. The van der Waals surface area contributed by atoms with Gasteiger partial charge in [-0.15, -0.1) is 0 Å².